The van der Waals surface area contributed by atoms with E-state index in [9.17, 15) is 5.11 Å². The van der Waals surface area contributed by atoms with E-state index in [-0.39, 0.29) is 24.3 Å². The number of aliphatic hydroxyl groups is 1. The van der Waals surface area contributed by atoms with Gasteiger partial charge in [0, 0.05) is 24.8 Å². The molecular formula is C13H21NO3. The molecule has 0 spiro atoms. The summed E-state index contributed by atoms with van der Waals surface area (Å²) in [7, 11) is 1.53. The molecule has 0 saturated carbocycles. The van der Waals surface area contributed by atoms with Crippen molar-refractivity contribution in [3.05, 3.63) is 23.8 Å². The van der Waals surface area contributed by atoms with E-state index in [0.29, 0.717) is 12.3 Å². The summed E-state index contributed by atoms with van der Waals surface area (Å²) in [6, 6.07) is 5.60. The summed E-state index contributed by atoms with van der Waals surface area (Å²) in [5.41, 5.74) is 0.793. The van der Waals surface area contributed by atoms with Gasteiger partial charge in [0.25, 0.3) is 0 Å². The summed E-state index contributed by atoms with van der Waals surface area (Å²) < 4.78 is 5.04. The van der Waals surface area contributed by atoms with Crippen molar-refractivity contribution in [3.63, 3.8) is 0 Å². The minimum atomic E-state index is 0.151. The Morgan fingerprint density at radius 2 is 2.06 bits per heavy atom. The number of ether oxygens (including phenoxy) is 1. The van der Waals surface area contributed by atoms with Gasteiger partial charge in [0.05, 0.1) is 7.11 Å². The second kappa shape index (κ2) is 6.47. The first-order valence-electron chi connectivity index (χ1n) is 5.79. The number of rotatable bonds is 6. The molecule has 4 heteroatoms. The van der Waals surface area contributed by atoms with E-state index >= 15 is 0 Å². The molecule has 4 nitrogen and oxygen atoms in total. The number of phenolic OH excluding ortho intramolecular Hbond substituents is 1. The summed E-state index contributed by atoms with van der Waals surface area (Å²) >= 11 is 0. The Hall–Kier alpha value is -1.26. The van der Waals surface area contributed by atoms with Crippen molar-refractivity contribution in [2.24, 2.45) is 5.92 Å². The third-order valence-corrected chi connectivity index (χ3v) is 3.06. The first kappa shape index (κ1) is 13.8. The molecule has 0 radical (unpaired) electrons. The predicted molar refractivity (Wildman–Crippen MR) is 67.2 cm³/mol. The third kappa shape index (κ3) is 3.61. The molecule has 0 fully saturated rings. The molecule has 17 heavy (non-hydrogen) atoms. The Morgan fingerprint density at radius 3 is 2.65 bits per heavy atom. The van der Waals surface area contributed by atoms with Crippen LogP contribution < -0.4 is 10.1 Å². The minimum absolute atomic E-state index is 0.151. The van der Waals surface area contributed by atoms with Crippen LogP contribution in [0.25, 0.3) is 0 Å². The van der Waals surface area contributed by atoms with Crippen molar-refractivity contribution in [1.29, 1.82) is 0 Å². The SMILES string of the molecule is COc1cccc(CNC(C)C(C)CO)c1O. The van der Waals surface area contributed by atoms with E-state index in [2.05, 4.69) is 5.32 Å². The standard InChI is InChI=1S/C13H21NO3/c1-9(8-15)10(2)14-7-11-5-4-6-12(17-3)13(11)16/h4-6,9-10,14-16H,7-8H2,1-3H3. The molecule has 1 aromatic rings. The summed E-state index contributed by atoms with van der Waals surface area (Å²) in [5.74, 6) is 0.835. The molecule has 0 aliphatic carbocycles. The largest absolute Gasteiger partial charge is 0.504 e. The molecule has 2 unspecified atom stereocenters. The monoisotopic (exact) mass is 239 g/mol. The average molecular weight is 239 g/mol. The lowest BCUT2D eigenvalue weighted by molar-refractivity contribution is 0.206. The summed E-state index contributed by atoms with van der Waals surface area (Å²) in [5, 5.41) is 22.2. The van der Waals surface area contributed by atoms with Gasteiger partial charge in [-0.05, 0) is 18.9 Å². The number of benzene rings is 1. The number of para-hydroxylation sites is 1. The second-order valence-corrected chi connectivity index (χ2v) is 4.30. The average Bonchev–Trinajstić information content (AvgIpc) is 2.36. The van der Waals surface area contributed by atoms with Crippen LogP contribution in [-0.4, -0.2) is 30.0 Å². The van der Waals surface area contributed by atoms with Crippen molar-refractivity contribution in [3.8, 4) is 11.5 Å². The summed E-state index contributed by atoms with van der Waals surface area (Å²) in [6.45, 7) is 4.69. The fourth-order valence-corrected chi connectivity index (χ4v) is 1.51. The fourth-order valence-electron chi connectivity index (χ4n) is 1.51. The summed E-state index contributed by atoms with van der Waals surface area (Å²) in [4.78, 5) is 0. The van der Waals surface area contributed by atoms with Gasteiger partial charge < -0.3 is 20.3 Å². The fraction of sp³-hybridized carbons (Fsp3) is 0.538. The third-order valence-electron chi connectivity index (χ3n) is 3.06. The molecule has 0 aliphatic heterocycles. The van der Waals surface area contributed by atoms with Crippen molar-refractivity contribution in [2.75, 3.05) is 13.7 Å². The number of methoxy groups -OCH3 is 1. The van der Waals surface area contributed by atoms with Gasteiger partial charge in [0.1, 0.15) is 0 Å². The Labute approximate surface area is 102 Å². The van der Waals surface area contributed by atoms with E-state index in [1.54, 1.807) is 6.07 Å². The van der Waals surface area contributed by atoms with Gasteiger partial charge in [-0.1, -0.05) is 19.1 Å². The Kier molecular flexibility index (Phi) is 5.25. The van der Waals surface area contributed by atoms with Crippen LogP contribution in [0.3, 0.4) is 0 Å². The molecule has 0 saturated heterocycles. The summed E-state index contributed by atoms with van der Waals surface area (Å²) in [6.07, 6.45) is 0. The highest BCUT2D eigenvalue weighted by Gasteiger charge is 2.12. The van der Waals surface area contributed by atoms with Crippen LogP contribution in [0.5, 0.6) is 11.5 Å². The van der Waals surface area contributed by atoms with Gasteiger partial charge in [-0.15, -0.1) is 0 Å². The quantitative estimate of drug-likeness (QED) is 0.704. The van der Waals surface area contributed by atoms with Crippen LogP contribution in [0.2, 0.25) is 0 Å². The van der Waals surface area contributed by atoms with Gasteiger partial charge in [-0.2, -0.15) is 0 Å². The van der Waals surface area contributed by atoms with Crippen LogP contribution >= 0.6 is 0 Å². The molecule has 1 aromatic carbocycles. The van der Waals surface area contributed by atoms with Gasteiger partial charge in [-0.3, -0.25) is 0 Å². The second-order valence-electron chi connectivity index (χ2n) is 4.30. The smallest absolute Gasteiger partial charge is 0.162 e. The van der Waals surface area contributed by atoms with Crippen LogP contribution in [-0.2, 0) is 6.54 Å². The normalized spacial score (nSPS) is 14.4. The molecule has 0 heterocycles. The first-order valence-corrected chi connectivity index (χ1v) is 5.79. The van der Waals surface area contributed by atoms with Crippen LogP contribution in [0.4, 0.5) is 0 Å². The maximum Gasteiger partial charge on any atom is 0.162 e. The van der Waals surface area contributed by atoms with Crippen LogP contribution in [0.1, 0.15) is 19.4 Å². The Bertz CT molecular complexity index is 355. The maximum absolute atomic E-state index is 9.88. The van der Waals surface area contributed by atoms with E-state index in [1.807, 2.05) is 26.0 Å². The van der Waals surface area contributed by atoms with Crippen molar-refractivity contribution in [2.45, 2.75) is 26.4 Å². The molecular weight excluding hydrogens is 218 g/mol. The van der Waals surface area contributed by atoms with E-state index in [0.717, 1.165) is 5.56 Å². The number of aromatic hydroxyl groups is 1. The van der Waals surface area contributed by atoms with Crippen LogP contribution in [0, 0.1) is 5.92 Å². The van der Waals surface area contributed by atoms with Gasteiger partial charge in [0.2, 0.25) is 0 Å². The van der Waals surface area contributed by atoms with Crippen molar-refractivity contribution >= 4 is 0 Å². The zero-order valence-corrected chi connectivity index (χ0v) is 10.6. The highest BCUT2D eigenvalue weighted by atomic mass is 16.5. The number of phenols is 1. The predicted octanol–water partition coefficient (Wildman–Crippen LogP) is 1.51. The lowest BCUT2D eigenvalue weighted by atomic mass is 10.0. The number of aliphatic hydroxyl groups excluding tert-OH is 1. The van der Waals surface area contributed by atoms with Crippen molar-refractivity contribution < 1.29 is 14.9 Å². The first-order chi connectivity index (χ1) is 8.10. The highest BCUT2D eigenvalue weighted by Crippen LogP contribution is 2.29. The van der Waals surface area contributed by atoms with Crippen LogP contribution in [0.15, 0.2) is 18.2 Å². The Balaban J connectivity index is 2.63. The molecule has 0 aliphatic rings. The van der Waals surface area contributed by atoms with E-state index in [1.165, 1.54) is 7.11 Å². The van der Waals surface area contributed by atoms with Gasteiger partial charge in [-0.25, -0.2) is 0 Å². The van der Waals surface area contributed by atoms with Gasteiger partial charge >= 0.3 is 0 Å². The lowest BCUT2D eigenvalue weighted by Gasteiger charge is -2.19. The maximum atomic E-state index is 9.88. The highest BCUT2D eigenvalue weighted by molar-refractivity contribution is 5.45. The zero-order valence-electron chi connectivity index (χ0n) is 10.6. The molecule has 96 valence electrons. The number of hydrogen-bond donors (Lipinski definition) is 3. The Morgan fingerprint density at radius 1 is 1.35 bits per heavy atom. The molecule has 2 atom stereocenters. The van der Waals surface area contributed by atoms with E-state index < -0.39 is 0 Å². The number of hydrogen-bond acceptors (Lipinski definition) is 4. The molecule has 0 aromatic heterocycles. The number of nitrogens with one attached hydrogen (secondary N) is 1. The topological polar surface area (TPSA) is 61.7 Å². The molecule has 0 bridgehead atoms. The van der Waals surface area contributed by atoms with Gasteiger partial charge in [0.15, 0.2) is 11.5 Å². The van der Waals surface area contributed by atoms with E-state index in [4.69, 9.17) is 9.84 Å². The zero-order chi connectivity index (χ0) is 12.8. The molecule has 3 N–H and O–H groups in total. The van der Waals surface area contributed by atoms with Crippen molar-refractivity contribution in [1.82, 2.24) is 5.32 Å². The molecule has 1 rings (SSSR count). The lowest BCUT2D eigenvalue weighted by Crippen LogP contribution is -2.33. The molecule has 0 amide bonds. The minimum Gasteiger partial charge on any atom is -0.504 e.